The van der Waals surface area contributed by atoms with Gasteiger partial charge in [0.1, 0.15) is 0 Å². The lowest BCUT2D eigenvalue weighted by molar-refractivity contribution is -0.142. The Labute approximate surface area is 156 Å². The number of carbonyl (C=O) groups excluding carboxylic acids is 1. The van der Waals surface area contributed by atoms with E-state index in [1.807, 2.05) is 86.6 Å². The number of ether oxygens (including phenoxy) is 1. The Bertz CT molecular complexity index is 593. The van der Waals surface area contributed by atoms with Crippen molar-refractivity contribution >= 4 is 18.3 Å². The topological polar surface area (TPSA) is 41.6 Å². The zero-order chi connectivity index (χ0) is 17.4. The number of hydrogen-bond acceptors (Lipinski definition) is 3. The van der Waals surface area contributed by atoms with Gasteiger partial charge < -0.3 is 15.0 Å². The maximum absolute atomic E-state index is 13.2. The fourth-order valence-corrected chi connectivity index (χ4v) is 2.74. The molecule has 0 spiro atoms. The minimum absolute atomic E-state index is 0. The Kier molecular flexibility index (Phi) is 8.62. The molecule has 0 fully saturated rings. The van der Waals surface area contributed by atoms with Crippen molar-refractivity contribution in [2.75, 3.05) is 33.8 Å². The number of carbonyl (C=O) groups is 1. The maximum Gasteiger partial charge on any atom is 0.261 e. The minimum atomic E-state index is -1.14. The molecule has 0 aromatic heterocycles. The Morgan fingerprint density at radius 1 is 1.00 bits per heavy atom. The third kappa shape index (κ3) is 5.05. The third-order valence-electron chi connectivity index (χ3n) is 3.89. The number of rotatable bonds is 8. The van der Waals surface area contributed by atoms with Gasteiger partial charge in [0.05, 0.1) is 0 Å². The smallest absolute Gasteiger partial charge is 0.261 e. The fourth-order valence-electron chi connectivity index (χ4n) is 2.74. The summed E-state index contributed by atoms with van der Waals surface area (Å²) in [6, 6.07) is 19.4. The van der Waals surface area contributed by atoms with Crippen molar-refractivity contribution in [2.24, 2.45) is 0 Å². The minimum Gasteiger partial charge on any atom is -0.356 e. The summed E-state index contributed by atoms with van der Waals surface area (Å²) in [4.78, 5) is 15.2. The van der Waals surface area contributed by atoms with Crippen LogP contribution in [0.2, 0.25) is 0 Å². The predicted molar refractivity (Wildman–Crippen MR) is 104 cm³/mol. The van der Waals surface area contributed by atoms with Crippen LogP contribution >= 0.6 is 12.4 Å². The van der Waals surface area contributed by atoms with Crippen LogP contribution in [0, 0.1) is 0 Å². The van der Waals surface area contributed by atoms with Gasteiger partial charge in [-0.3, -0.25) is 4.79 Å². The molecule has 4 nitrogen and oxygen atoms in total. The van der Waals surface area contributed by atoms with E-state index in [4.69, 9.17) is 4.74 Å². The maximum atomic E-state index is 13.2. The summed E-state index contributed by atoms with van der Waals surface area (Å²) >= 11 is 0. The standard InChI is InChI=1S/C20H26N2O2.ClH/c1-4-24-20(17-11-7-5-8-12-17,18-13-9-6-10-14-18)19(23)21-15-16-22(2)3;/h5-14H,4,15-16H2,1-3H3,(H,21,23);1H. The molecule has 0 aliphatic carbocycles. The van der Waals surface area contributed by atoms with Gasteiger partial charge in [0.15, 0.2) is 5.60 Å². The van der Waals surface area contributed by atoms with Crippen LogP contribution in [0.25, 0.3) is 0 Å². The zero-order valence-corrected chi connectivity index (χ0v) is 15.9. The van der Waals surface area contributed by atoms with E-state index in [-0.39, 0.29) is 18.3 Å². The van der Waals surface area contributed by atoms with Crippen LogP contribution in [0.3, 0.4) is 0 Å². The number of nitrogens with one attached hydrogen (secondary N) is 1. The first-order chi connectivity index (χ1) is 11.6. The number of halogens is 1. The van der Waals surface area contributed by atoms with E-state index >= 15 is 0 Å². The Morgan fingerprint density at radius 2 is 1.48 bits per heavy atom. The molecule has 136 valence electrons. The van der Waals surface area contributed by atoms with Crippen LogP contribution in [0.15, 0.2) is 60.7 Å². The first-order valence-corrected chi connectivity index (χ1v) is 8.29. The summed E-state index contributed by atoms with van der Waals surface area (Å²) in [7, 11) is 3.96. The van der Waals surface area contributed by atoms with Gasteiger partial charge >= 0.3 is 0 Å². The summed E-state index contributed by atoms with van der Waals surface area (Å²) in [6.07, 6.45) is 0. The van der Waals surface area contributed by atoms with Crippen LogP contribution in [0.1, 0.15) is 18.1 Å². The van der Waals surface area contributed by atoms with Gasteiger partial charge in [-0.1, -0.05) is 60.7 Å². The summed E-state index contributed by atoms with van der Waals surface area (Å²) in [5, 5.41) is 3.03. The third-order valence-corrected chi connectivity index (χ3v) is 3.89. The van der Waals surface area contributed by atoms with Gasteiger partial charge in [-0.15, -0.1) is 12.4 Å². The second kappa shape index (κ2) is 10.2. The summed E-state index contributed by atoms with van der Waals surface area (Å²) in [5.74, 6) is -0.136. The molecule has 0 saturated carbocycles. The highest BCUT2D eigenvalue weighted by molar-refractivity contribution is 5.90. The predicted octanol–water partition coefficient (Wildman–Crippen LogP) is 3.07. The lowest BCUT2D eigenvalue weighted by Gasteiger charge is -2.33. The van der Waals surface area contributed by atoms with Crippen molar-refractivity contribution in [3.05, 3.63) is 71.8 Å². The van der Waals surface area contributed by atoms with Crippen LogP contribution in [0.5, 0.6) is 0 Å². The lowest BCUT2D eigenvalue weighted by Crippen LogP contribution is -2.48. The van der Waals surface area contributed by atoms with Crippen LogP contribution < -0.4 is 5.32 Å². The molecule has 1 amide bonds. The highest BCUT2D eigenvalue weighted by Gasteiger charge is 2.42. The Morgan fingerprint density at radius 3 is 1.88 bits per heavy atom. The van der Waals surface area contributed by atoms with Crippen molar-refractivity contribution in [1.29, 1.82) is 0 Å². The highest BCUT2D eigenvalue weighted by Crippen LogP contribution is 2.34. The molecule has 2 aromatic rings. The molecule has 25 heavy (non-hydrogen) atoms. The van der Waals surface area contributed by atoms with Gasteiger partial charge in [0.25, 0.3) is 5.91 Å². The van der Waals surface area contributed by atoms with Gasteiger partial charge in [-0.25, -0.2) is 0 Å². The van der Waals surface area contributed by atoms with Crippen LogP contribution in [-0.4, -0.2) is 44.6 Å². The number of benzene rings is 2. The average Bonchev–Trinajstić information content (AvgIpc) is 2.60. The molecule has 0 atom stereocenters. The van der Waals surface area contributed by atoms with E-state index in [2.05, 4.69) is 5.32 Å². The highest BCUT2D eigenvalue weighted by atomic mass is 35.5. The number of hydrogen-bond donors (Lipinski definition) is 1. The molecule has 1 N–H and O–H groups in total. The molecule has 0 heterocycles. The summed E-state index contributed by atoms with van der Waals surface area (Å²) < 4.78 is 6.10. The summed E-state index contributed by atoms with van der Waals surface area (Å²) in [5.41, 5.74) is 0.532. The van der Waals surface area contributed by atoms with E-state index < -0.39 is 5.60 Å². The normalized spacial score (nSPS) is 11.0. The molecule has 0 bridgehead atoms. The molecule has 0 aliphatic rings. The zero-order valence-electron chi connectivity index (χ0n) is 15.1. The van der Waals surface area contributed by atoms with Crippen molar-refractivity contribution in [3.8, 4) is 0 Å². The van der Waals surface area contributed by atoms with E-state index in [9.17, 15) is 4.79 Å². The van der Waals surface area contributed by atoms with Gasteiger partial charge in [0, 0.05) is 19.7 Å². The number of likely N-dealkylation sites (N-methyl/N-ethyl adjacent to an activating group) is 1. The van der Waals surface area contributed by atoms with Gasteiger partial charge in [-0.05, 0) is 32.1 Å². The molecule has 5 heteroatoms. The largest absolute Gasteiger partial charge is 0.356 e. The van der Waals surface area contributed by atoms with Crippen molar-refractivity contribution < 1.29 is 9.53 Å². The summed E-state index contributed by atoms with van der Waals surface area (Å²) in [6.45, 7) is 3.69. The molecular formula is C20H27ClN2O2. The van der Waals surface area contributed by atoms with Crippen LogP contribution in [-0.2, 0) is 15.1 Å². The van der Waals surface area contributed by atoms with Crippen molar-refractivity contribution in [3.63, 3.8) is 0 Å². The second-order valence-electron chi connectivity index (χ2n) is 5.91. The Balaban J connectivity index is 0.00000312. The monoisotopic (exact) mass is 362 g/mol. The number of amides is 1. The molecule has 0 aliphatic heterocycles. The van der Waals surface area contributed by atoms with E-state index in [1.54, 1.807) is 0 Å². The molecule has 0 saturated heterocycles. The SMILES string of the molecule is CCOC(C(=O)NCCN(C)C)(c1ccccc1)c1ccccc1.Cl. The molecule has 2 aromatic carbocycles. The molecule has 2 rings (SSSR count). The number of nitrogens with zero attached hydrogens (tertiary/aromatic N) is 1. The second-order valence-corrected chi connectivity index (χ2v) is 5.91. The Hall–Kier alpha value is -1.88. The fraction of sp³-hybridized carbons (Fsp3) is 0.350. The quantitative estimate of drug-likeness (QED) is 0.784. The van der Waals surface area contributed by atoms with Crippen molar-refractivity contribution in [2.45, 2.75) is 12.5 Å². The van der Waals surface area contributed by atoms with E-state index in [0.29, 0.717) is 13.2 Å². The van der Waals surface area contributed by atoms with E-state index in [0.717, 1.165) is 17.7 Å². The lowest BCUT2D eigenvalue weighted by atomic mass is 9.85. The molecule has 0 radical (unpaired) electrons. The molecular weight excluding hydrogens is 336 g/mol. The molecule has 0 unspecified atom stereocenters. The van der Waals surface area contributed by atoms with Gasteiger partial charge in [0.2, 0.25) is 0 Å². The average molecular weight is 363 g/mol. The van der Waals surface area contributed by atoms with Crippen LogP contribution in [0.4, 0.5) is 0 Å². The van der Waals surface area contributed by atoms with Crippen molar-refractivity contribution in [1.82, 2.24) is 10.2 Å². The van der Waals surface area contributed by atoms with Gasteiger partial charge in [-0.2, -0.15) is 0 Å². The first kappa shape index (κ1) is 21.2. The first-order valence-electron chi connectivity index (χ1n) is 8.29. The van der Waals surface area contributed by atoms with E-state index in [1.165, 1.54) is 0 Å².